The number of amides is 1. The molecule has 0 aliphatic heterocycles. The molecule has 3 nitrogen and oxygen atoms in total. The van der Waals surface area contributed by atoms with E-state index in [-0.39, 0.29) is 12.5 Å². The molecule has 3 heteroatoms. The maximum atomic E-state index is 11.3. The molecule has 132 valence electrons. The van der Waals surface area contributed by atoms with Crippen molar-refractivity contribution in [2.75, 3.05) is 13.2 Å². The number of unbranched alkanes of at least 4 members (excludes halogenated alkanes) is 5. The Balaban J connectivity index is 3.36. The first-order valence-corrected chi connectivity index (χ1v) is 9.13. The van der Waals surface area contributed by atoms with Gasteiger partial charge in [0.05, 0.1) is 6.61 Å². The van der Waals surface area contributed by atoms with Gasteiger partial charge < -0.3 is 10.4 Å². The van der Waals surface area contributed by atoms with Crippen molar-refractivity contribution in [2.24, 2.45) is 0 Å². The predicted molar refractivity (Wildman–Crippen MR) is 99.4 cm³/mol. The SMILES string of the molecule is CCCCCC=CCC=CCC=CCCCCC(=O)NCCO. The molecule has 0 aromatic heterocycles. The van der Waals surface area contributed by atoms with Gasteiger partial charge in [-0.05, 0) is 44.9 Å². The number of aliphatic hydroxyl groups is 1. The molecular weight excluding hydrogens is 286 g/mol. The summed E-state index contributed by atoms with van der Waals surface area (Å²) in [4.78, 5) is 11.3. The van der Waals surface area contributed by atoms with Crippen LogP contribution in [0.2, 0.25) is 0 Å². The second-order valence-corrected chi connectivity index (χ2v) is 5.70. The predicted octanol–water partition coefficient (Wildman–Crippen LogP) is 4.68. The van der Waals surface area contributed by atoms with E-state index >= 15 is 0 Å². The van der Waals surface area contributed by atoms with Crippen LogP contribution in [0.5, 0.6) is 0 Å². The van der Waals surface area contributed by atoms with E-state index in [9.17, 15) is 4.79 Å². The highest BCUT2D eigenvalue weighted by molar-refractivity contribution is 5.75. The maximum absolute atomic E-state index is 11.3. The van der Waals surface area contributed by atoms with Crippen molar-refractivity contribution in [3.8, 4) is 0 Å². The van der Waals surface area contributed by atoms with E-state index in [1.54, 1.807) is 0 Å². The Hall–Kier alpha value is -1.35. The topological polar surface area (TPSA) is 49.3 Å². The Kier molecular flexibility index (Phi) is 17.6. The molecule has 0 aliphatic carbocycles. The lowest BCUT2D eigenvalue weighted by Crippen LogP contribution is -2.25. The Morgan fingerprint density at radius 2 is 1.43 bits per heavy atom. The van der Waals surface area contributed by atoms with Gasteiger partial charge in [-0.3, -0.25) is 4.79 Å². The van der Waals surface area contributed by atoms with E-state index in [1.165, 1.54) is 25.7 Å². The van der Waals surface area contributed by atoms with Gasteiger partial charge in [0.15, 0.2) is 0 Å². The summed E-state index contributed by atoms with van der Waals surface area (Å²) in [6.45, 7) is 2.60. The molecule has 1 amide bonds. The fourth-order valence-electron chi connectivity index (χ4n) is 2.12. The minimum atomic E-state index is 0.0106. The number of rotatable bonds is 15. The first kappa shape index (κ1) is 21.6. The fraction of sp³-hybridized carbons (Fsp3) is 0.650. The van der Waals surface area contributed by atoms with E-state index in [2.05, 4.69) is 48.7 Å². The lowest BCUT2D eigenvalue weighted by atomic mass is 10.1. The van der Waals surface area contributed by atoms with Gasteiger partial charge in [0.2, 0.25) is 5.91 Å². The Labute approximate surface area is 142 Å². The van der Waals surface area contributed by atoms with Crippen molar-refractivity contribution in [2.45, 2.75) is 71.1 Å². The zero-order valence-corrected chi connectivity index (χ0v) is 14.8. The van der Waals surface area contributed by atoms with E-state index in [0.717, 1.165) is 32.1 Å². The zero-order valence-electron chi connectivity index (χ0n) is 14.8. The molecule has 0 spiro atoms. The van der Waals surface area contributed by atoms with Crippen LogP contribution in [0.4, 0.5) is 0 Å². The van der Waals surface area contributed by atoms with Gasteiger partial charge in [-0.25, -0.2) is 0 Å². The number of carbonyl (C=O) groups excluding carboxylic acids is 1. The van der Waals surface area contributed by atoms with Crippen LogP contribution in [0.1, 0.15) is 71.1 Å². The summed E-state index contributed by atoms with van der Waals surface area (Å²) in [6.07, 6.45) is 24.0. The number of hydrogen-bond acceptors (Lipinski definition) is 2. The maximum Gasteiger partial charge on any atom is 0.220 e. The Morgan fingerprint density at radius 1 is 0.870 bits per heavy atom. The summed E-state index contributed by atoms with van der Waals surface area (Å²) in [7, 11) is 0. The zero-order chi connectivity index (χ0) is 17.0. The normalized spacial score (nSPS) is 11.9. The van der Waals surface area contributed by atoms with Crippen LogP contribution in [-0.2, 0) is 4.79 Å². The third-order valence-electron chi connectivity index (χ3n) is 3.48. The first-order valence-electron chi connectivity index (χ1n) is 9.13. The summed E-state index contributed by atoms with van der Waals surface area (Å²) in [6, 6.07) is 0. The monoisotopic (exact) mass is 321 g/mol. The summed E-state index contributed by atoms with van der Waals surface area (Å²) in [5, 5.41) is 11.2. The number of hydrogen-bond donors (Lipinski definition) is 2. The molecule has 0 bridgehead atoms. The second-order valence-electron chi connectivity index (χ2n) is 5.70. The molecule has 0 saturated heterocycles. The lowest BCUT2D eigenvalue weighted by molar-refractivity contribution is -0.121. The third-order valence-corrected chi connectivity index (χ3v) is 3.48. The highest BCUT2D eigenvalue weighted by atomic mass is 16.3. The van der Waals surface area contributed by atoms with Gasteiger partial charge in [0.1, 0.15) is 0 Å². The largest absolute Gasteiger partial charge is 0.395 e. The van der Waals surface area contributed by atoms with Gasteiger partial charge in [0, 0.05) is 13.0 Å². The minimum Gasteiger partial charge on any atom is -0.395 e. The summed E-state index contributed by atoms with van der Waals surface area (Å²) in [5.74, 6) is 0.0358. The van der Waals surface area contributed by atoms with Gasteiger partial charge in [0.25, 0.3) is 0 Å². The summed E-state index contributed by atoms with van der Waals surface area (Å²) >= 11 is 0. The van der Waals surface area contributed by atoms with Crippen molar-refractivity contribution in [1.82, 2.24) is 5.32 Å². The van der Waals surface area contributed by atoms with Crippen LogP contribution < -0.4 is 5.32 Å². The molecule has 0 unspecified atom stereocenters. The second kappa shape index (κ2) is 18.7. The summed E-state index contributed by atoms with van der Waals surface area (Å²) < 4.78 is 0. The van der Waals surface area contributed by atoms with Gasteiger partial charge >= 0.3 is 0 Å². The Bertz CT molecular complexity index is 346. The third kappa shape index (κ3) is 18.6. The number of allylic oxidation sites excluding steroid dienone is 6. The first-order chi connectivity index (χ1) is 11.3. The molecule has 0 aromatic carbocycles. The number of carbonyl (C=O) groups is 1. The van der Waals surface area contributed by atoms with Crippen LogP contribution in [0.3, 0.4) is 0 Å². The van der Waals surface area contributed by atoms with Crippen molar-refractivity contribution in [1.29, 1.82) is 0 Å². The van der Waals surface area contributed by atoms with E-state index in [0.29, 0.717) is 13.0 Å². The molecule has 0 fully saturated rings. The highest BCUT2D eigenvalue weighted by Gasteiger charge is 1.98. The van der Waals surface area contributed by atoms with Crippen molar-refractivity contribution in [3.63, 3.8) is 0 Å². The lowest BCUT2D eigenvalue weighted by Gasteiger charge is -2.01. The van der Waals surface area contributed by atoms with Crippen LogP contribution in [0, 0.1) is 0 Å². The number of nitrogens with one attached hydrogen (secondary N) is 1. The van der Waals surface area contributed by atoms with Crippen molar-refractivity contribution < 1.29 is 9.90 Å². The van der Waals surface area contributed by atoms with Crippen LogP contribution >= 0.6 is 0 Å². The van der Waals surface area contributed by atoms with E-state index < -0.39 is 0 Å². The standard InChI is InChI=1S/C20H35NO2/c1-2-3-4-5-6-7-8-9-10-11-12-13-14-15-16-17-20(23)21-18-19-22/h6-7,9-10,12-13,22H,2-5,8,11,14-19H2,1H3,(H,21,23). The van der Waals surface area contributed by atoms with Crippen LogP contribution in [-0.4, -0.2) is 24.2 Å². The minimum absolute atomic E-state index is 0.0106. The molecule has 0 radical (unpaired) electrons. The molecule has 0 atom stereocenters. The van der Waals surface area contributed by atoms with Gasteiger partial charge in [-0.2, -0.15) is 0 Å². The Morgan fingerprint density at radius 3 is 2.00 bits per heavy atom. The van der Waals surface area contributed by atoms with E-state index in [1.807, 2.05) is 0 Å². The molecular formula is C20H35NO2. The molecule has 0 rings (SSSR count). The van der Waals surface area contributed by atoms with Crippen LogP contribution in [0.25, 0.3) is 0 Å². The average Bonchev–Trinajstić information content (AvgIpc) is 2.56. The van der Waals surface area contributed by atoms with Crippen molar-refractivity contribution in [3.05, 3.63) is 36.5 Å². The average molecular weight is 322 g/mol. The quantitative estimate of drug-likeness (QED) is 0.340. The molecule has 23 heavy (non-hydrogen) atoms. The smallest absolute Gasteiger partial charge is 0.220 e. The molecule has 0 heterocycles. The van der Waals surface area contributed by atoms with Crippen molar-refractivity contribution >= 4 is 5.91 Å². The summed E-state index contributed by atoms with van der Waals surface area (Å²) in [5.41, 5.74) is 0. The molecule has 0 aliphatic rings. The highest BCUT2D eigenvalue weighted by Crippen LogP contribution is 2.02. The molecule has 2 N–H and O–H groups in total. The molecule has 0 saturated carbocycles. The number of aliphatic hydroxyl groups excluding tert-OH is 1. The van der Waals surface area contributed by atoms with E-state index in [4.69, 9.17) is 5.11 Å². The molecule has 0 aromatic rings. The van der Waals surface area contributed by atoms with Gasteiger partial charge in [-0.15, -0.1) is 0 Å². The van der Waals surface area contributed by atoms with Crippen LogP contribution in [0.15, 0.2) is 36.5 Å². The van der Waals surface area contributed by atoms with Gasteiger partial charge in [-0.1, -0.05) is 56.2 Å². The fourth-order valence-corrected chi connectivity index (χ4v) is 2.12.